The summed E-state index contributed by atoms with van der Waals surface area (Å²) in [5.74, 6) is 0. The molecule has 0 radical (unpaired) electrons. The normalized spacial score (nSPS) is 11.4. The summed E-state index contributed by atoms with van der Waals surface area (Å²) in [6.45, 7) is 0. The smallest absolute Gasteiger partial charge is 0.0991 e. The molecule has 9 aromatic carbocycles. The van der Waals surface area contributed by atoms with Crippen molar-refractivity contribution in [1.29, 1.82) is 5.26 Å². The molecule has 0 aliphatic rings. The molecule has 0 N–H and O–H groups in total. The third-order valence-electron chi connectivity index (χ3n) is 16.9. The van der Waals surface area contributed by atoms with Gasteiger partial charge in [-0.2, -0.15) is 5.26 Å². The van der Waals surface area contributed by atoms with E-state index in [-0.39, 0.29) is 0 Å². The molecule has 0 spiro atoms. The summed E-state index contributed by atoms with van der Waals surface area (Å²) in [7, 11) is 0. The second-order valence-corrected chi connectivity index (χ2v) is 22.0. The number of nitriles is 1. The average Bonchev–Trinajstić information content (AvgIpc) is 2.21. The Labute approximate surface area is 507 Å². The number of aromatic nitrogens is 7. The molecule has 16 rings (SSSR count). The molecular weight excluding hydrogens is 1070 g/mol. The van der Waals surface area contributed by atoms with E-state index in [1.165, 1.54) is 0 Å². The second kappa shape index (κ2) is 21.8. The third-order valence-corrected chi connectivity index (χ3v) is 16.9. The molecule has 7 heterocycles. The van der Waals surface area contributed by atoms with Gasteiger partial charge in [0.25, 0.3) is 0 Å². The second-order valence-electron chi connectivity index (χ2n) is 22.0. The van der Waals surface area contributed by atoms with Gasteiger partial charge in [-0.1, -0.05) is 182 Å². The van der Waals surface area contributed by atoms with Gasteiger partial charge in [0.15, 0.2) is 0 Å². The van der Waals surface area contributed by atoms with Crippen LogP contribution in [0.4, 0.5) is 0 Å². The summed E-state index contributed by atoms with van der Waals surface area (Å²) in [6.07, 6.45) is 11.9. The molecule has 0 bridgehead atoms. The van der Waals surface area contributed by atoms with Crippen LogP contribution >= 0.6 is 0 Å². The van der Waals surface area contributed by atoms with E-state index in [1.807, 2.05) is 122 Å². The summed E-state index contributed by atoms with van der Waals surface area (Å²) in [5, 5.41) is 14.5. The SMILES string of the molecule is N#Cc1ccc(-c2c(-n3c4ccc(-c5ccc(-c6ccccc6)nc5)cc4c4cc(-c5ccc(-c6ccccc6)nc5)ccc43)cncc2-n2c3ccc(-c4ccc(-c5ccccc5)nc4)cc3c3cc(-c4ccc(-c5ccccc5)nc4)ccc32)cc1. The molecular formula is C80H50N8. The van der Waals surface area contributed by atoms with Crippen molar-refractivity contribution in [3.63, 3.8) is 0 Å². The van der Waals surface area contributed by atoms with Crippen molar-refractivity contribution in [3.8, 4) is 118 Å². The standard InChI is InChI=1S/C80H50N8/c81-45-52-21-23-57(24-22-52)80-78(87-74-37-29-58(62-25-33-70(83-46-62)53-13-5-1-6-14-53)41-66(74)67-42-59(30-38-75(67)87)63-26-34-71(84-47-63)54-15-7-2-8-16-54)50-82-51-79(80)88-76-39-31-60(64-27-35-72(85-48-64)55-17-9-3-10-18-55)43-68(76)69-44-61(32-40-77(69)88)65-28-36-73(86-49-65)56-19-11-4-12-20-56/h1-44,46-51H. The number of pyridine rings is 5. The molecule has 0 saturated carbocycles. The number of fused-ring (bicyclic) bond motifs is 6. The molecule has 410 valence electrons. The first kappa shape index (κ1) is 51.5. The first-order valence-corrected chi connectivity index (χ1v) is 29.3. The maximum absolute atomic E-state index is 10.2. The van der Waals surface area contributed by atoms with Gasteiger partial charge in [-0.15, -0.1) is 0 Å². The Morgan fingerprint density at radius 3 is 0.784 bits per heavy atom. The quantitative estimate of drug-likeness (QED) is 0.128. The van der Waals surface area contributed by atoms with Crippen LogP contribution in [-0.4, -0.2) is 34.1 Å². The van der Waals surface area contributed by atoms with Crippen LogP contribution in [0.1, 0.15) is 5.56 Å². The van der Waals surface area contributed by atoms with Crippen molar-refractivity contribution in [2.75, 3.05) is 0 Å². The Morgan fingerprint density at radius 1 is 0.250 bits per heavy atom. The van der Waals surface area contributed by atoms with Gasteiger partial charge in [0, 0.05) is 96.4 Å². The molecule has 88 heavy (non-hydrogen) atoms. The average molecular weight is 1120 g/mol. The van der Waals surface area contributed by atoms with Gasteiger partial charge < -0.3 is 9.13 Å². The highest BCUT2D eigenvalue weighted by Crippen LogP contribution is 2.45. The zero-order chi connectivity index (χ0) is 58.5. The van der Waals surface area contributed by atoms with E-state index in [2.05, 4.69) is 197 Å². The molecule has 8 heteroatoms. The van der Waals surface area contributed by atoms with Crippen molar-refractivity contribution in [1.82, 2.24) is 34.1 Å². The Morgan fingerprint density at radius 2 is 0.523 bits per heavy atom. The van der Waals surface area contributed by atoms with Gasteiger partial charge in [-0.05, 0) is 113 Å². The molecule has 0 saturated heterocycles. The summed E-state index contributed by atoms with van der Waals surface area (Å²) in [5.41, 5.74) is 24.4. The van der Waals surface area contributed by atoms with Crippen molar-refractivity contribution >= 4 is 43.6 Å². The zero-order valence-corrected chi connectivity index (χ0v) is 47.4. The van der Waals surface area contributed by atoms with Gasteiger partial charge >= 0.3 is 0 Å². The first-order chi connectivity index (χ1) is 43.6. The monoisotopic (exact) mass is 1120 g/mol. The topological polar surface area (TPSA) is 98.1 Å². The maximum Gasteiger partial charge on any atom is 0.0991 e. The Kier molecular flexibility index (Phi) is 12.7. The highest BCUT2D eigenvalue weighted by molar-refractivity contribution is 6.14. The van der Waals surface area contributed by atoms with Gasteiger partial charge in [0.2, 0.25) is 0 Å². The van der Waals surface area contributed by atoms with Crippen molar-refractivity contribution < 1.29 is 0 Å². The minimum absolute atomic E-state index is 0.574. The summed E-state index contributed by atoms with van der Waals surface area (Å²) >= 11 is 0. The van der Waals surface area contributed by atoms with E-state index in [0.29, 0.717) is 5.56 Å². The van der Waals surface area contributed by atoms with E-state index in [0.717, 1.165) is 156 Å². The highest BCUT2D eigenvalue weighted by Gasteiger charge is 2.24. The van der Waals surface area contributed by atoms with Gasteiger partial charge in [0.05, 0.1) is 80.2 Å². The van der Waals surface area contributed by atoms with Crippen LogP contribution < -0.4 is 0 Å². The number of nitrogens with zero attached hydrogens (tertiary/aromatic N) is 8. The van der Waals surface area contributed by atoms with Gasteiger partial charge in [0.1, 0.15) is 0 Å². The zero-order valence-electron chi connectivity index (χ0n) is 47.4. The number of rotatable bonds is 11. The summed E-state index contributed by atoms with van der Waals surface area (Å²) in [6, 6.07) is 95.3. The van der Waals surface area contributed by atoms with Crippen molar-refractivity contribution in [3.05, 3.63) is 310 Å². The molecule has 0 aliphatic carbocycles. The molecule has 16 aromatic rings. The van der Waals surface area contributed by atoms with Crippen molar-refractivity contribution in [2.45, 2.75) is 0 Å². The van der Waals surface area contributed by atoms with Crippen LogP contribution in [0.2, 0.25) is 0 Å². The van der Waals surface area contributed by atoms with Crippen LogP contribution in [0.15, 0.2) is 304 Å². The molecule has 0 fully saturated rings. The van der Waals surface area contributed by atoms with E-state index < -0.39 is 0 Å². The predicted octanol–water partition coefficient (Wildman–Crippen LogP) is 19.7. The van der Waals surface area contributed by atoms with E-state index in [9.17, 15) is 5.26 Å². The van der Waals surface area contributed by atoms with Crippen LogP contribution in [0.5, 0.6) is 0 Å². The lowest BCUT2D eigenvalue weighted by molar-refractivity contribution is 1.09. The molecule has 0 amide bonds. The molecule has 8 nitrogen and oxygen atoms in total. The predicted molar refractivity (Wildman–Crippen MR) is 358 cm³/mol. The largest absolute Gasteiger partial charge is 0.307 e. The van der Waals surface area contributed by atoms with Gasteiger partial charge in [-0.25, -0.2) is 0 Å². The Balaban J connectivity index is 0.907. The third kappa shape index (κ3) is 9.24. The molecule has 0 unspecified atom stereocenters. The van der Waals surface area contributed by atoms with Crippen LogP contribution in [0, 0.1) is 11.3 Å². The Bertz CT molecular complexity index is 4720. The van der Waals surface area contributed by atoms with Crippen LogP contribution in [0.25, 0.3) is 156 Å². The van der Waals surface area contributed by atoms with Gasteiger partial charge in [-0.3, -0.25) is 24.9 Å². The van der Waals surface area contributed by atoms with Crippen LogP contribution in [-0.2, 0) is 0 Å². The lowest BCUT2D eigenvalue weighted by atomic mass is 10.0. The number of hydrogen-bond acceptors (Lipinski definition) is 6. The molecule has 0 aliphatic heterocycles. The Hall–Kier alpha value is -12.2. The maximum atomic E-state index is 10.2. The number of hydrogen-bond donors (Lipinski definition) is 0. The van der Waals surface area contributed by atoms with Crippen LogP contribution in [0.3, 0.4) is 0 Å². The van der Waals surface area contributed by atoms with E-state index in [4.69, 9.17) is 24.9 Å². The molecule has 0 atom stereocenters. The fourth-order valence-electron chi connectivity index (χ4n) is 12.4. The minimum atomic E-state index is 0.574. The first-order valence-electron chi connectivity index (χ1n) is 29.3. The number of benzene rings is 9. The summed E-state index contributed by atoms with van der Waals surface area (Å²) < 4.78 is 4.72. The summed E-state index contributed by atoms with van der Waals surface area (Å²) in [4.78, 5) is 25.0. The fraction of sp³-hybridized carbons (Fsp3) is 0. The van der Waals surface area contributed by atoms with E-state index in [1.54, 1.807) is 0 Å². The lowest BCUT2D eigenvalue weighted by Crippen LogP contribution is -2.05. The lowest BCUT2D eigenvalue weighted by Gasteiger charge is -2.20. The van der Waals surface area contributed by atoms with E-state index >= 15 is 0 Å². The minimum Gasteiger partial charge on any atom is -0.307 e. The highest BCUT2D eigenvalue weighted by atomic mass is 15.0. The fourth-order valence-corrected chi connectivity index (χ4v) is 12.4. The molecule has 7 aromatic heterocycles. The van der Waals surface area contributed by atoms with Crippen molar-refractivity contribution in [2.24, 2.45) is 0 Å².